The van der Waals surface area contributed by atoms with Gasteiger partial charge < -0.3 is 9.64 Å². The standard InChI is InChI=1S/C10H15NO3/c1-3-5-9(12)11-7-4-6-8(11)10(13)14-2/h3,5,8H,4,6-7H2,1-2H3/b5-3+. The van der Waals surface area contributed by atoms with E-state index in [0.717, 1.165) is 6.42 Å². The minimum absolute atomic E-state index is 0.111. The highest BCUT2D eigenvalue weighted by atomic mass is 16.5. The number of carbonyl (C=O) groups is 2. The Morgan fingerprint density at radius 1 is 1.50 bits per heavy atom. The van der Waals surface area contributed by atoms with E-state index < -0.39 is 0 Å². The summed E-state index contributed by atoms with van der Waals surface area (Å²) in [7, 11) is 1.35. The molecule has 0 aromatic carbocycles. The first-order chi connectivity index (χ1) is 6.70. The highest BCUT2D eigenvalue weighted by Crippen LogP contribution is 2.18. The summed E-state index contributed by atoms with van der Waals surface area (Å²) in [5.74, 6) is -0.430. The number of ether oxygens (including phenoxy) is 1. The molecule has 0 N–H and O–H groups in total. The Morgan fingerprint density at radius 2 is 2.21 bits per heavy atom. The molecule has 1 aliphatic heterocycles. The zero-order valence-electron chi connectivity index (χ0n) is 8.53. The Morgan fingerprint density at radius 3 is 2.79 bits per heavy atom. The minimum atomic E-state index is -0.385. The van der Waals surface area contributed by atoms with Gasteiger partial charge in [0.1, 0.15) is 6.04 Å². The molecule has 1 rings (SSSR count). The van der Waals surface area contributed by atoms with Gasteiger partial charge in [0.05, 0.1) is 7.11 Å². The molecule has 1 fully saturated rings. The largest absolute Gasteiger partial charge is 0.467 e. The van der Waals surface area contributed by atoms with Crippen LogP contribution < -0.4 is 0 Å². The Hall–Kier alpha value is -1.32. The summed E-state index contributed by atoms with van der Waals surface area (Å²) < 4.78 is 4.64. The zero-order valence-corrected chi connectivity index (χ0v) is 8.53. The Kier molecular flexibility index (Phi) is 3.68. The van der Waals surface area contributed by atoms with Crippen molar-refractivity contribution in [2.45, 2.75) is 25.8 Å². The number of methoxy groups -OCH3 is 1. The summed E-state index contributed by atoms with van der Waals surface area (Å²) in [4.78, 5) is 24.4. The average Bonchev–Trinajstić information content (AvgIpc) is 2.65. The minimum Gasteiger partial charge on any atom is -0.467 e. The van der Waals surface area contributed by atoms with Crippen LogP contribution in [0.2, 0.25) is 0 Å². The maximum atomic E-state index is 11.5. The molecule has 1 amide bonds. The van der Waals surface area contributed by atoms with Gasteiger partial charge in [0.2, 0.25) is 5.91 Å². The molecule has 4 heteroatoms. The second-order valence-corrected chi connectivity index (χ2v) is 3.21. The molecule has 1 aliphatic rings. The van der Waals surface area contributed by atoms with Crippen molar-refractivity contribution in [2.24, 2.45) is 0 Å². The van der Waals surface area contributed by atoms with Gasteiger partial charge in [-0.3, -0.25) is 4.79 Å². The molecule has 1 saturated heterocycles. The molecule has 0 saturated carbocycles. The van der Waals surface area contributed by atoms with Crippen molar-refractivity contribution in [2.75, 3.05) is 13.7 Å². The van der Waals surface area contributed by atoms with Crippen LogP contribution in [-0.2, 0) is 14.3 Å². The summed E-state index contributed by atoms with van der Waals surface area (Å²) in [5, 5.41) is 0. The molecule has 1 unspecified atom stereocenters. The predicted molar refractivity (Wildman–Crippen MR) is 51.6 cm³/mol. The molecule has 1 atom stereocenters. The monoisotopic (exact) mass is 197 g/mol. The number of hydrogen-bond acceptors (Lipinski definition) is 3. The highest BCUT2D eigenvalue weighted by molar-refractivity contribution is 5.91. The van der Waals surface area contributed by atoms with Gasteiger partial charge >= 0.3 is 5.97 Å². The fourth-order valence-electron chi connectivity index (χ4n) is 1.65. The van der Waals surface area contributed by atoms with Gasteiger partial charge in [0, 0.05) is 6.54 Å². The molecule has 78 valence electrons. The highest BCUT2D eigenvalue weighted by Gasteiger charge is 2.33. The Labute approximate surface area is 83.5 Å². The van der Waals surface area contributed by atoms with Crippen LogP contribution in [0, 0.1) is 0 Å². The number of carbonyl (C=O) groups excluding carboxylic acids is 2. The number of esters is 1. The summed E-state index contributed by atoms with van der Waals surface area (Å²) in [5.41, 5.74) is 0. The normalized spacial score (nSPS) is 21.6. The van der Waals surface area contributed by atoms with Crippen molar-refractivity contribution in [3.63, 3.8) is 0 Å². The number of amides is 1. The third-order valence-electron chi connectivity index (χ3n) is 2.32. The summed E-state index contributed by atoms with van der Waals surface area (Å²) in [6.07, 6.45) is 4.72. The molecule has 0 radical (unpaired) electrons. The molecule has 0 aliphatic carbocycles. The third kappa shape index (κ3) is 2.13. The van der Waals surface area contributed by atoms with E-state index in [2.05, 4.69) is 4.74 Å². The molecule has 0 spiro atoms. The van der Waals surface area contributed by atoms with Gasteiger partial charge in [-0.05, 0) is 25.8 Å². The second kappa shape index (κ2) is 4.79. The van der Waals surface area contributed by atoms with Crippen molar-refractivity contribution in [1.29, 1.82) is 0 Å². The number of likely N-dealkylation sites (tertiary alicyclic amines) is 1. The fraction of sp³-hybridized carbons (Fsp3) is 0.600. The van der Waals surface area contributed by atoms with Crippen LogP contribution in [0.25, 0.3) is 0 Å². The van der Waals surface area contributed by atoms with Crippen molar-refractivity contribution in [3.8, 4) is 0 Å². The first-order valence-corrected chi connectivity index (χ1v) is 4.71. The third-order valence-corrected chi connectivity index (χ3v) is 2.32. The van der Waals surface area contributed by atoms with Crippen molar-refractivity contribution >= 4 is 11.9 Å². The van der Waals surface area contributed by atoms with Crippen LogP contribution in [0.3, 0.4) is 0 Å². The lowest BCUT2D eigenvalue weighted by molar-refractivity contribution is -0.149. The van der Waals surface area contributed by atoms with E-state index in [1.54, 1.807) is 17.9 Å². The summed E-state index contributed by atoms with van der Waals surface area (Å²) in [6, 6.07) is -0.385. The van der Waals surface area contributed by atoms with E-state index in [9.17, 15) is 9.59 Å². The molecule has 0 aromatic heterocycles. The van der Waals surface area contributed by atoms with Gasteiger partial charge in [-0.2, -0.15) is 0 Å². The van der Waals surface area contributed by atoms with Gasteiger partial charge in [0.25, 0.3) is 0 Å². The van der Waals surface area contributed by atoms with E-state index in [-0.39, 0.29) is 17.9 Å². The second-order valence-electron chi connectivity index (χ2n) is 3.21. The SMILES string of the molecule is C/C=C/C(=O)N1CCCC1C(=O)OC. The molecule has 0 bridgehead atoms. The van der Waals surface area contributed by atoms with Crippen molar-refractivity contribution < 1.29 is 14.3 Å². The average molecular weight is 197 g/mol. The van der Waals surface area contributed by atoms with Crippen LogP contribution in [0.1, 0.15) is 19.8 Å². The molecular weight excluding hydrogens is 182 g/mol. The number of hydrogen-bond donors (Lipinski definition) is 0. The number of nitrogens with zero attached hydrogens (tertiary/aromatic N) is 1. The van der Waals surface area contributed by atoms with Gasteiger partial charge in [0.15, 0.2) is 0 Å². The quantitative estimate of drug-likeness (QED) is 0.484. The van der Waals surface area contributed by atoms with E-state index in [4.69, 9.17) is 0 Å². The molecular formula is C10H15NO3. The molecule has 0 aromatic rings. The van der Waals surface area contributed by atoms with Crippen LogP contribution in [0.4, 0.5) is 0 Å². The fourth-order valence-corrected chi connectivity index (χ4v) is 1.65. The van der Waals surface area contributed by atoms with Crippen LogP contribution in [-0.4, -0.2) is 36.5 Å². The lowest BCUT2D eigenvalue weighted by Crippen LogP contribution is -2.40. The maximum Gasteiger partial charge on any atom is 0.328 e. The molecule has 1 heterocycles. The van der Waals surface area contributed by atoms with Crippen LogP contribution in [0.5, 0.6) is 0 Å². The predicted octanol–water partition coefficient (Wildman–Crippen LogP) is 0.726. The first-order valence-electron chi connectivity index (χ1n) is 4.71. The summed E-state index contributed by atoms with van der Waals surface area (Å²) in [6.45, 7) is 2.42. The topological polar surface area (TPSA) is 46.6 Å². The Balaban J connectivity index is 2.68. The maximum absolute atomic E-state index is 11.5. The van der Waals surface area contributed by atoms with E-state index >= 15 is 0 Å². The van der Waals surface area contributed by atoms with Gasteiger partial charge in [-0.1, -0.05) is 6.08 Å². The van der Waals surface area contributed by atoms with Crippen LogP contribution >= 0.6 is 0 Å². The van der Waals surface area contributed by atoms with Gasteiger partial charge in [-0.25, -0.2) is 4.79 Å². The van der Waals surface area contributed by atoms with Crippen molar-refractivity contribution in [1.82, 2.24) is 4.90 Å². The Bertz CT molecular complexity index is 260. The van der Waals surface area contributed by atoms with E-state index in [1.165, 1.54) is 13.2 Å². The van der Waals surface area contributed by atoms with E-state index in [0.29, 0.717) is 13.0 Å². The number of rotatable bonds is 2. The zero-order chi connectivity index (χ0) is 10.6. The molecule has 14 heavy (non-hydrogen) atoms. The van der Waals surface area contributed by atoms with Gasteiger partial charge in [-0.15, -0.1) is 0 Å². The summed E-state index contributed by atoms with van der Waals surface area (Å²) >= 11 is 0. The lowest BCUT2D eigenvalue weighted by Gasteiger charge is -2.20. The smallest absolute Gasteiger partial charge is 0.328 e. The van der Waals surface area contributed by atoms with Crippen LogP contribution in [0.15, 0.2) is 12.2 Å². The molecule has 4 nitrogen and oxygen atoms in total. The van der Waals surface area contributed by atoms with Crippen molar-refractivity contribution in [3.05, 3.63) is 12.2 Å². The lowest BCUT2D eigenvalue weighted by atomic mass is 10.2. The van der Waals surface area contributed by atoms with E-state index in [1.807, 2.05) is 0 Å². The number of allylic oxidation sites excluding steroid dienone is 1. The first kappa shape index (κ1) is 10.8.